The number of carbonyl (C=O) groups excluding carboxylic acids is 1. The van der Waals surface area contributed by atoms with Crippen LogP contribution in [0.2, 0.25) is 0 Å². The van der Waals surface area contributed by atoms with Gasteiger partial charge in [-0.1, -0.05) is 30.3 Å². The van der Waals surface area contributed by atoms with E-state index in [1.54, 1.807) is 4.90 Å². The summed E-state index contributed by atoms with van der Waals surface area (Å²) in [6.07, 6.45) is -2.63. The Balaban J connectivity index is 1.32. The van der Waals surface area contributed by atoms with Crippen LogP contribution in [0.3, 0.4) is 0 Å². The van der Waals surface area contributed by atoms with Crippen molar-refractivity contribution in [3.63, 3.8) is 0 Å². The molecule has 0 saturated carbocycles. The van der Waals surface area contributed by atoms with Gasteiger partial charge in [0, 0.05) is 32.4 Å². The molecule has 1 amide bonds. The molecule has 1 spiro atoms. The average Bonchev–Trinajstić information content (AvgIpc) is 2.78. The second kappa shape index (κ2) is 8.74. The molecule has 4 rings (SSSR count). The van der Waals surface area contributed by atoms with Crippen molar-refractivity contribution in [3.8, 4) is 0 Å². The van der Waals surface area contributed by atoms with Gasteiger partial charge >= 0.3 is 12.3 Å². The second-order valence-corrected chi connectivity index (χ2v) is 7.88. The predicted molar refractivity (Wildman–Crippen MR) is 108 cm³/mol. The molecule has 2 aliphatic rings. The Morgan fingerprint density at radius 3 is 2.48 bits per heavy atom. The van der Waals surface area contributed by atoms with E-state index >= 15 is 0 Å². The summed E-state index contributed by atoms with van der Waals surface area (Å²) in [6, 6.07) is 11.9. The molecule has 2 fully saturated rings. The number of pyridine rings is 1. The number of rotatable bonds is 3. The number of hydrogen-bond acceptors (Lipinski definition) is 5. The maximum atomic E-state index is 12.8. The van der Waals surface area contributed by atoms with Gasteiger partial charge < -0.3 is 19.3 Å². The van der Waals surface area contributed by atoms with Gasteiger partial charge in [-0.25, -0.2) is 9.78 Å². The van der Waals surface area contributed by atoms with Crippen molar-refractivity contribution >= 4 is 11.9 Å². The summed E-state index contributed by atoms with van der Waals surface area (Å²) in [5.41, 5.74) is -0.278. The lowest BCUT2D eigenvalue weighted by molar-refractivity contribution is -0.137. The van der Waals surface area contributed by atoms with E-state index in [-0.39, 0.29) is 12.7 Å². The van der Waals surface area contributed by atoms with E-state index in [1.807, 2.05) is 35.2 Å². The lowest BCUT2D eigenvalue weighted by Gasteiger charge is -2.47. The number of alkyl halides is 3. The Bertz CT molecular complexity index is 882. The highest BCUT2D eigenvalue weighted by Gasteiger charge is 2.41. The summed E-state index contributed by atoms with van der Waals surface area (Å²) in [4.78, 5) is 20.0. The summed E-state index contributed by atoms with van der Waals surface area (Å²) in [7, 11) is 0. The van der Waals surface area contributed by atoms with E-state index in [2.05, 4.69) is 4.98 Å². The van der Waals surface area contributed by atoms with Gasteiger partial charge in [-0.2, -0.15) is 13.2 Å². The summed E-state index contributed by atoms with van der Waals surface area (Å²) in [6.45, 7) is 2.78. The molecule has 1 aromatic carbocycles. The molecule has 166 valence electrons. The van der Waals surface area contributed by atoms with E-state index in [9.17, 15) is 18.0 Å². The van der Waals surface area contributed by atoms with Crippen molar-refractivity contribution in [1.29, 1.82) is 0 Å². The summed E-state index contributed by atoms with van der Waals surface area (Å²) >= 11 is 0. The number of halogens is 3. The van der Waals surface area contributed by atoms with E-state index in [0.717, 1.165) is 17.8 Å². The first kappa shape index (κ1) is 21.4. The highest BCUT2D eigenvalue weighted by Crippen LogP contribution is 2.33. The third-order valence-corrected chi connectivity index (χ3v) is 5.79. The number of carbonyl (C=O) groups is 1. The SMILES string of the molecule is O=C(OCc1ccccc1)N1CCC2(CC1)CN(c1ccc(C(F)(F)F)cn1)CCO2. The maximum Gasteiger partial charge on any atom is 0.417 e. The van der Waals surface area contributed by atoms with Gasteiger partial charge in [0.1, 0.15) is 12.4 Å². The topological polar surface area (TPSA) is 54.9 Å². The molecule has 3 heterocycles. The molecule has 9 heteroatoms. The largest absolute Gasteiger partial charge is 0.445 e. The minimum absolute atomic E-state index is 0.227. The summed E-state index contributed by atoms with van der Waals surface area (Å²) < 4.78 is 49.8. The fraction of sp³-hybridized carbons (Fsp3) is 0.455. The van der Waals surface area contributed by atoms with E-state index in [1.165, 1.54) is 6.07 Å². The van der Waals surface area contributed by atoms with Crippen molar-refractivity contribution in [1.82, 2.24) is 9.88 Å². The molecule has 1 aromatic heterocycles. The number of aromatic nitrogens is 1. The summed E-state index contributed by atoms with van der Waals surface area (Å²) in [5, 5.41) is 0. The standard InChI is InChI=1S/C22H24F3N3O3/c23-22(24,25)18-6-7-19(26-14-18)28-12-13-31-21(16-28)8-10-27(11-9-21)20(29)30-15-17-4-2-1-3-5-17/h1-7,14H,8-13,15-16H2. The Morgan fingerprint density at radius 1 is 1.10 bits per heavy atom. The maximum absolute atomic E-state index is 12.8. The molecule has 0 atom stereocenters. The van der Waals surface area contributed by atoms with Crippen LogP contribution in [0.4, 0.5) is 23.8 Å². The quantitative estimate of drug-likeness (QED) is 0.727. The monoisotopic (exact) mass is 435 g/mol. The first-order valence-electron chi connectivity index (χ1n) is 10.2. The Morgan fingerprint density at radius 2 is 1.84 bits per heavy atom. The minimum Gasteiger partial charge on any atom is -0.445 e. The molecule has 31 heavy (non-hydrogen) atoms. The molecular formula is C22H24F3N3O3. The van der Waals surface area contributed by atoms with Crippen LogP contribution in [0, 0.1) is 0 Å². The molecule has 0 bridgehead atoms. The first-order valence-corrected chi connectivity index (χ1v) is 10.2. The van der Waals surface area contributed by atoms with Crippen LogP contribution < -0.4 is 4.90 Å². The van der Waals surface area contributed by atoms with E-state index in [0.29, 0.717) is 51.4 Å². The van der Waals surface area contributed by atoms with Gasteiger partial charge in [0.05, 0.1) is 17.8 Å². The molecule has 0 aliphatic carbocycles. The zero-order valence-electron chi connectivity index (χ0n) is 17.0. The molecule has 0 unspecified atom stereocenters. The number of amides is 1. The fourth-order valence-electron chi connectivity index (χ4n) is 3.99. The molecule has 0 N–H and O–H groups in total. The molecule has 6 nitrogen and oxygen atoms in total. The first-order chi connectivity index (χ1) is 14.8. The Hall–Kier alpha value is -2.81. The Kier molecular flexibility index (Phi) is 6.04. The molecule has 2 saturated heterocycles. The lowest BCUT2D eigenvalue weighted by atomic mass is 9.89. The molecular weight excluding hydrogens is 411 g/mol. The van der Waals surface area contributed by atoms with Crippen LogP contribution in [0.5, 0.6) is 0 Å². The van der Waals surface area contributed by atoms with Crippen molar-refractivity contribution in [2.45, 2.75) is 31.2 Å². The normalized spacial score (nSPS) is 18.8. The van der Waals surface area contributed by atoms with Gasteiger partial charge in [-0.15, -0.1) is 0 Å². The molecule has 2 aliphatic heterocycles. The average molecular weight is 435 g/mol. The molecule has 0 radical (unpaired) electrons. The molecule has 2 aromatic rings. The van der Waals surface area contributed by atoms with Crippen molar-refractivity contribution in [2.24, 2.45) is 0 Å². The Labute approximate surface area is 178 Å². The van der Waals surface area contributed by atoms with Crippen LogP contribution in [0.1, 0.15) is 24.0 Å². The van der Waals surface area contributed by atoms with Crippen LogP contribution >= 0.6 is 0 Å². The van der Waals surface area contributed by atoms with Crippen LogP contribution in [-0.2, 0) is 22.3 Å². The predicted octanol–water partition coefficient (Wildman–Crippen LogP) is 4.11. The number of morpholine rings is 1. The smallest absolute Gasteiger partial charge is 0.417 e. The number of hydrogen-bond donors (Lipinski definition) is 0. The summed E-state index contributed by atoms with van der Waals surface area (Å²) in [5.74, 6) is 0.500. The number of ether oxygens (including phenoxy) is 2. The van der Waals surface area contributed by atoms with Crippen molar-refractivity contribution in [3.05, 3.63) is 59.8 Å². The second-order valence-electron chi connectivity index (χ2n) is 7.88. The number of nitrogens with zero attached hydrogens (tertiary/aromatic N) is 3. The van der Waals surface area contributed by atoms with Crippen LogP contribution in [-0.4, -0.2) is 54.4 Å². The zero-order valence-corrected chi connectivity index (χ0v) is 17.0. The highest BCUT2D eigenvalue weighted by atomic mass is 19.4. The van der Waals surface area contributed by atoms with Crippen molar-refractivity contribution < 1.29 is 27.4 Å². The number of likely N-dealkylation sites (tertiary alicyclic amines) is 1. The van der Waals surface area contributed by atoms with Gasteiger partial charge in [0.2, 0.25) is 0 Å². The third-order valence-electron chi connectivity index (χ3n) is 5.79. The van der Waals surface area contributed by atoms with Crippen LogP contribution in [0.25, 0.3) is 0 Å². The third kappa shape index (κ3) is 5.10. The van der Waals surface area contributed by atoms with E-state index in [4.69, 9.17) is 9.47 Å². The fourth-order valence-corrected chi connectivity index (χ4v) is 3.99. The minimum atomic E-state index is -4.40. The van der Waals surface area contributed by atoms with Crippen molar-refractivity contribution in [2.75, 3.05) is 37.7 Å². The van der Waals surface area contributed by atoms with Gasteiger partial charge in [0.15, 0.2) is 0 Å². The lowest BCUT2D eigenvalue weighted by Crippen LogP contribution is -2.57. The zero-order chi connectivity index (χ0) is 21.9. The number of piperidine rings is 1. The highest BCUT2D eigenvalue weighted by molar-refractivity contribution is 5.67. The number of anilines is 1. The van der Waals surface area contributed by atoms with Gasteiger partial charge in [0.25, 0.3) is 0 Å². The van der Waals surface area contributed by atoms with Gasteiger partial charge in [-0.3, -0.25) is 0 Å². The van der Waals surface area contributed by atoms with Gasteiger partial charge in [-0.05, 0) is 30.5 Å². The van der Waals surface area contributed by atoms with E-state index < -0.39 is 17.3 Å². The van der Waals surface area contributed by atoms with Crippen LogP contribution in [0.15, 0.2) is 48.7 Å². The number of benzene rings is 1.